The van der Waals surface area contributed by atoms with Crippen molar-refractivity contribution in [2.45, 2.75) is 13.8 Å². The molecule has 0 heterocycles. The van der Waals surface area contributed by atoms with Gasteiger partial charge in [-0.1, -0.05) is 28.1 Å². The Kier molecular flexibility index (Phi) is 5.27. The van der Waals surface area contributed by atoms with Crippen LogP contribution in [0.3, 0.4) is 0 Å². The van der Waals surface area contributed by atoms with Gasteiger partial charge in [-0.25, -0.2) is 0 Å². The lowest BCUT2D eigenvalue weighted by atomic mass is 10.1. The minimum atomic E-state index is -0.133. The summed E-state index contributed by atoms with van der Waals surface area (Å²) in [6.07, 6.45) is 0. The molecule has 0 aliphatic heterocycles. The normalized spacial score (nSPS) is 10.3. The van der Waals surface area contributed by atoms with Gasteiger partial charge in [0.05, 0.1) is 18.4 Å². The molecule has 0 aromatic heterocycles. The first-order valence-corrected chi connectivity index (χ1v) is 8.21. The number of hydrogen-bond acceptors (Lipinski definition) is 2. The predicted octanol–water partition coefficient (Wildman–Crippen LogP) is 4.93. The van der Waals surface area contributed by atoms with Crippen LogP contribution in [0.4, 0.5) is 5.69 Å². The van der Waals surface area contributed by atoms with Crippen molar-refractivity contribution in [2.75, 3.05) is 12.4 Å². The Hall–Kier alpha value is -1.08. The van der Waals surface area contributed by atoms with Crippen LogP contribution in [-0.2, 0) is 0 Å². The molecule has 1 N–H and O–H groups in total. The Labute approximate surface area is 146 Å². The number of rotatable bonds is 3. The van der Waals surface area contributed by atoms with E-state index in [0.29, 0.717) is 17.0 Å². The van der Waals surface area contributed by atoms with Crippen LogP contribution in [0.2, 0.25) is 0 Å². The van der Waals surface area contributed by atoms with Crippen molar-refractivity contribution >= 4 is 50.1 Å². The van der Waals surface area contributed by atoms with Crippen molar-refractivity contribution < 1.29 is 9.53 Å². The molecule has 5 heteroatoms. The second-order valence-corrected chi connectivity index (χ2v) is 6.68. The molecule has 0 atom stereocenters. The molecule has 110 valence electrons. The second kappa shape index (κ2) is 6.79. The van der Waals surface area contributed by atoms with Gasteiger partial charge in [0.25, 0.3) is 5.91 Å². The molecular formula is C16H15BrINO2. The lowest BCUT2D eigenvalue weighted by molar-refractivity contribution is 0.102. The highest BCUT2D eigenvalue weighted by atomic mass is 127. The van der Waals surface area contributed by atoms with Crippen molar-refractivity contribution in [3.05, 3.63) is 55.1 Å². The average Bonchev–Trinajstić information content (AvgIpc) is 2.44. The van der Waals surface area contributed by atoms with Crippen molar-refractivity contribution in [3.8, 4) is 5.75 Å². The van der Waals surface area contributed by atoms with Gasteiger partial charge in [0.1, 0.15) is 5.75 Å². The zero-order valence-electron chi connectivity index (χ0n) is 12.0. The van der Waals surface area contributed by atoms with E-state index >= 15 is 0 Å². The smallest absolute Gasteiger partial charge is 0.256 e. The summed E-state index contributed by atoms with van der Waals surface area (Å²) in [5, 5.41) is 2.95. The number of nitrogens with one attached hydrogen (secondary N) is 1. The summed E-state index contributed by atoms with van der Waals surface area (Å²) in [6.45, 7) is 3.92. The van der Waals surface area contributed by atoms with Gasteiger partial charge in [0.2, 0.25) is 0 Å². The third-order valence-corrected chi connectivity index (χ3v) is 5.05. The summed E-state index contributed by atoms with van der Waals surface area (Å²) >= 11 is 5.62. The fraction of sp³-hybridized carbons (Fsp3) is 0.188. The third-order valence-electron chi connectivity index (χ3n) is 3.16. The lowest BCUT2D eigenvalue weighted by Gasteiger charge is -2.14. The van der Waals surface area contributed by atoms with Gasteiger partial charge in [-0.2, -0.15) is 0 Å². The van der Waals surface area contributed by atoms with Crippen LogP contribution in [0.1, 0.15) is 21.5 Å². The van der Waals surface area contributed by atoms with Crippen molar-refractivity contribution in [2.24, 2.45) is 0 Å². The molecule has 0 bridgehead atoms. The van der Waals surface area contributed by atoms with Gasteiger partial charge in [-0.15, -0.1) is 0 Å². The van der Waals surface area contributed by atoms with Gasteiger partial charge in [0, 0.05) is 8.04 Å². The quantitative estimate of drug-likeness (QED) is 0.660. The molecule has 0 saturated heterocycles. The number of ether oxygens (including phenoxy) is 1. The van der Waals surface area contributed by atoms with E-state index in [0.717, 1.165) is 19.2 Å². The van der Waals surface area contributed by atoms with E-state index in [-0.39, 0.29) is 5.91 Å². The van der Waals surface area contributed by atoms with Crippen molar-refractivity contribution in [1.29, 1.82) is 0 Å². The zero-order chi connectivity index (χ0) is 15.6. The molecule has 3 nitrogen and oxygen atoms in total. The van der Waals surface area contributed by atoms with Gasteiger partial charge < -0.3 is 10.1 Å². The summed E-state index contributed by atoms with van der Waals surface area (Å²) in [7, 11) is 1.59. The number of anilines is 1. The monoisotopic (exact) mass is 459 g/mol. The first-order chi connectivity index (χ1) is 9.93. The van der Waals surface area contributed by atoms with Gasteiger partial charge in [0.15, 0.2) is 0 Å². The standard InChI is InChI=1S/C16H15BrINO2/c1-9-5-4-6-12(14(9)18)16(20)19-15-10(2)7-11(17)8-13(15)21-3/h4-8H,1-3H3,(H,19,20). The Morgan fingerprint density at radius 2 is 1.95 bits per heavy atom. The summed E-state index contributed by atoms with van der Waals surface area (Å²) in [6, 6.07) is 9.48. The maximum Gasteiger partial charge on any atom is 0.256 e. The van der Waals surface area contributed by atoms with Crippen molar-refractivity contribution in [3.63, 3.8) is 0 Å². The van der Waals surface area contributed by atoms with E-state index in [1.54, 1.807) is 7.11 Å². The van der Waals surface area contributed by atoms with Crippen LogP contribution in [0.15, 0.2) is 34.8 Å². The van der Waals surface area contributed by atoms with Crippen LogP contribution < -0.4 is 10.1 Å². The van der Waals surface area contributed by atoms with Crippen LogP contribution >= 0.6 is 38.5 Å². The van der Waals surface area contributed by atoms with Gasteiger partial charge >= 0.3 is 0 Å². The van der Waals surface area contributed by atoms with E-state index < -0.39 is 0 Å². The maximum absolute atomic E-state index is 12.5. The molecule has 2 aromatic carbocycles. The Balaban J connectivity index is 2.38. The van der Waals surface area contributed by atoms with Crippen LogP contribution in [0.5, 0.6) is 5.75 Å². The first-order valence-electron chi connectivity index (χ1n) is 6.34. The SMILES string of the molecule is COc1cc(Br)cc(C)c1NC(=O)c1cccc(C)c1I. The molecular weight excluding hydrogens is 445 g/mol. The highest BCUT2D eigenvalue weighted by Gasteiger charge is 2.15. The average molecular weight is 460 g/mol. The lowest BCUT2D eigenvalue weighted by Crippen LogP contribution is -2.15. The first kappa shape index (κ1) is 16.3. The number of benzene rings is 2. The largest absolute Gasteiger partial charge is 0.495 e. The van der Waals surface area contributed by atoms with E-state index in [9.17, 15) is 4.79 Å². The number of hydrogen-bond donors (Lipinski definition) is 1. The van der Waals surface area contributed by atoms with Crippen molar-refractivity contribution in [1.82, 2.24) is 0 Å². The molecule has 1 amide bonds. The van der Waals surface area contributed by atoms with Crippen LogP contribution in [0, 0.1) is 17.4 Å². The summed E-state index contributed by atoms with van der Waals surface area (Å²) < 4.78 is 7.23. The number of carbonyl (C=O) groups is 1. The number of aryl methyl sites for hydroxylation is 2. The van der Waals surface area contributed by atoms with Gasteiger partial charge in [-0.3, -0.25) is 4.79 Å². The molecule has 0 radical (unpaired) electrons. The van der Waals surface area contributed by atoms with E-state index in [1.165, 1.54) is 0 Å². The second-order valence-electron chi connectivity index (χ2n) is 4.69. The minimum absolute atomic E-state index is 0.133. The molecule has 0 spiro atoms. The number of carbonyl (C=O) groups excluding carboxylic acids is 1. The number of halogens is 2. The summed E-state index contributed by atoms with van der Waals surface area (Å²) in [4.78, 5) is 12.5. The fourth-order valence-corrected chi connectivity index (χ4v) is 3.19. The zero-order valence-corrected chi connectivity index (χ0v) is 15.7. The minimum Gasteiger partial charge on any atom is -0.495 e. The topological polar surface area (TPSA) is 38.3 Å². The summed E-state index contributed by atoms with van der Waals surface area (Å²) in [5.41, 5.74) is 3.39. The summed E-state index contributed by atoms with van der Waals surface area (Å²) in [5.74, 6) is 0.504. The Bertz CT molecular complexity index is 701. The van der Waals surface area contributed by atoms with Crippen LogP contribution in [0.25, 0.3) is 0 Å². The van der Waals surface area contributed by atoms with E-state index in [4.69, 9.17) is 4.74 Å². The fourth-order valence-electron chi connectivity index (χ4n) is 2.04. The molecule has 0 saturated carbocycles. The molecule has 2 aromatic rings. The van der Waals surface area contributed by atoms with Crippen LogP contribution in [-0.4, -0.2) is 13.0 Å². The Morgan fingerprint density at radius 1 is 1.24 bits per heavy atom. The molecule has 0 aliphatic carbocycles. The highest BCUT2D eigenvalue weighted by molar-refractivity contribution is 14.1. The van der Waals surface area contributed by atoms with Gasteiger partial charge in [-0.05, 0) is 65.8 Å². The number of amides is 1. The van der Waals surface area contributed by atoms with E-state index in [2.05, 4.69) is 43.8 Å². The Morgan fingerprint density at radius 3 is 2.62 bits per heavy atom. The molecule has 0 aliphatic rings. The highest BCUT2D eigenvalue weighted by Crippen LogP contribution is 2.32. The molecule has 2 rings (SSSR count). The predicted molar refractivity (Wildman–Crippen MR) is 97.3 cm³/mol. The molecule has 0 unspecified atom stereocenters. The molecule has 21 heavy (non-hydrogen) atoms. The third kappa shape index (κ3) is 3.58. The molecule has 0 fully saturated rings. The van der Waals surface area contributed by atoms with E-state index in [1.807, 2.05) is 44.2 Å². The number of methoxy groups -OCH3 is 1. The maximum atomic E-state index is 12.5.